The monoisotopic (exact) mass is 522 g/mol. The van der Waals surface area contributed by atoms with Gasteiger partial charge in [-0.2, -0.15) is 0 Å². The molecule has 0 aliphatic rings. The van der Waals surface area contributed by atoms with Crippen LogP contribution in [0.15, 0.2) is 138 Å². The molecule has 0 atom stereocenters. The molecule has 0 amide bonds. The minimum atomic E-state index is 0.921. The Hall–Kier alpha value is -5.54. The van der Waals surface area contributed by atoms with Crippen molar-refractivity contribution in [3.05, 3.63) is 134 Å². The standard InChI is InChI=1S/C38H22N2O/c1-2-9-30-28(7-1)32(22-27-17-19-31-29-8-3-4-10-34(29)41-38(31)35(27)30)23-11-13-24(14-12-23)33-20-18-26-16-15-25-6-5-21-39-36(25)37(26)40-33/h1-22H. The van der Waals surface area contributed by atoms with E-state index >= 15 is 0 Å². The van der Waals surface area contributed by atoms with Crippen molar-refractivity contribution >= 4 is 65.3 Å². The Labute approximate surface area is 235 Å². The first-order chi connectivity index (χ1) is 20.3. The fourth-order valence-electron chi connectivity index (χ4n) is 6.32. The molecular weight excluding hydrogens is 500 g/mol. The van der Waals surface area contributed by atoms with Crippen LogP contribution in [0.25, 0.3) is 87.7 Å². The van der Waals surface area contributed by atoms with E-state index in [2.05, 4.69) is 114 Å². The Morgan fingerprint density at radius 2 is 1.20 bits per heavy atom. The molecule has 3 aromatic heterocycles. The van der Waals surface area contributed by atoms with E-state index in [1.54, 1.807) is 0 Å². The summed E-state index contributed by atoms with van der Waals surface area (Å²) in [7, 11) is 0. The largest absolute Gasteiger partial charge is 0.455 e. The number of fused-ring (bicyclic) bond motifs is 10. The van der Waals surface area contributed by atoms with Gasteiger partial charge in [0, 0.05) is 38.7 Å². The van der Waals surface area contributed by atoms with Gasteiger partial charge < -0.3 is 4.42 Å². The summed E-state index contributed by atoms with van der Waals surface area (Å²) in [5.41, 5.74) is 8.14. The van der Waals surface area contributed by atoms with Crippen molar-refractivity contribution in [2.24, 2.45) is 0 Å². The normalized spacial score (nSPS) is 11.9. The topological polar surface area (TPSA) is 38.9 Å². The average molecular weight is 523 g/mol. The molecule has 3 heteroatoms. The van der Waals surface area contributed by atoms with Gasteiger partial charge in [0.05, 0.1) is 16.7 Å². The number of pyridine rings is 2. The van der Waals surface area contributed by atoms with Crippen molar-refractivity contribution in [3.63, 3.8) is 0 Å². The summed E-state index contributed by atoms with van der Waals surface area (Å²) >= 11 is 0. The molecule has 0 bridgehead atoms. The summed E-state index contributed by atoms with van der Waals surface area (Å²) < 4.78 is 6.43. The highest BCUT2D eigenvalue weighted by molar-refractivity contribution is 6.25. The Bertz CT molecular complexity index is 2470. The molecule has 0 fully saturated rings. The number of hydrogen-bond donors (Lipinski definition) is 0. The molecule has 0 radical (unpaired) electrons. The minimum Gasteiger partial charge on any atom is -0.455 e. The quantitative estimate of drug-likeness (QED) is 0.212. The summed E-state index contributed by atoms with van der Waals surface area (Å²) in [5.74, 6) is 0. The third-order valence-electron chi connectivity index (χ3n) is 8.29. The number of para-hydroxylation sites is 1. The molecule has 6 aromatic carbocycles. The lowest BCUT2D eigenvalue weighted by molar-refractivity contribution is 0.673. The molecule has 0 unspecified atom stereocenters. The van der Waals surface area contributed by atoms with E-state index in [1.165, 1.54) is 27.3 Å². The van der Waals surface area contributed by atoms with Crippen LogP contribution in [-0.2, 0) is 0 Å². The van der Waals surface area contributed by atoms with Crippen LogP contribution in [0.3, 0.4) is 0 Å². The second-order valence-electron chi connectivity index (χ2n) is 10.6. The van der Waals surface area contributed by atoms with E-state index in [4.69, 9.17) is 9.40 Å². The highest BCUT2D eigenvalue weighted by Gasteiger charge is 2.15. The first-order valence-electron chi connectivity index (χ1n) is 13.8. The van der Waals surface area contributed by atoms with Gasteiger partial charge in [0.1, 0.15) is 11.2 Å². The van der Waals surface area contributed by atoms with Gasteiger partial charge in [-0.1, -0.05) is 97.1 Å². The third kappa shape index (κ3) is 3.33. The van der Waals surface area contributed by atoms with Gasteiger partial charge in [-0.15, -0.1) is 0 Å². The van der Waals surface area contributed by atoms with Crippen molar-refractivity contribution < 1.29 is 4.42 Å². The van der Waals surface area contributed by atoms with Crippen LogP contribution >= 0.6 is 0 Å². The summed E-state index contributed by atoms with van der Waals surface area (Å²) in [4.78, 5) is 9.65. The van der Waals surface area contributed by atoms with Crippen LogP contribution in [0.4, 0.5) is 0 Å². The SMILES string of the molecule is c1cnc2c(c1)ccc1ccc(-c3ccc(-c4cc5ccc6c7ccccc7oc6c5c5ccccc45)cc3)nc12. The van der Waals surface area contributed by atoms with Gasteiger partial charge in [-0.25, -0.2) is 4.98 Å². The predicted molar refractivity (Wildman–Crippen MR) is 170 cm³/mol. The van der Waals surface area contributed by atoms with E-state index < -0.39 is 0 Å². The van der Waals surface area contributed by atoms with Gasteiger partial charge in [-0.05, 0) is 57.6 Å². The van der Waals surface area contributed by atoms with Crippen LogP contribution in [0.5, 0.6) is 0 Å². The molecule has 0 aliphatic carbocycles. The Kier molecular flexibility index (Phi) is 4.61. The first kappa shape index (κ1) is 22.3. The Morgan fingerprint density at radius 1 is 0.488 bits per heavy atom. The van der Waals surface area contributed by atoms with Crippen molar-refractivity contribution in [3.8, 4) is 22.4 Å². The number of benzene rings is 6. The Morgan fingerprint density at radius 3 is 2.07 bits per heavy atom. The average Bonchev–Trinajstić information content (AvgIpc) is 3.43. The molecule has 3 nitrogen and oxygen atoms in total. The van der Waals surface area contributed by atoms with Gasteiger partial charge in [0.25, 0.3) is 0 Å². The lowest BCUT2D eigenvalue weighted by Crippen LogP contribution is -1.89. The fraction of sp³-hybridized carbons (Fsp3) is 0. The smallest absolute Gasteiger partial charge is 0.143 e. The van der Waals surface area contributed by atoms with Crippen molar-refractivity contribution in [1.29, 1.82) is 0 Å². The molecule has 0 N–H and O–H groups in total. The number of hydrogen-bond acceptors (Lipinski definition) is 3. The summed E-state index contributed by atoms with van der Waals surface area (Å²) in [6, 6.07) is 44.9. The zero-order valence-corrected chi connectivity index (χ0v) is 22.0. The minimum absolute atomic E-state index is 0.921. The van der Waals surface area contributed by atoms with E-state index in [-0.39, 0.29) is 0 Å². The van der Waals surface area contributed by atoms with Crippen molar-refractivity contribution in [2.75, 3.05) is 0 Å². The summed E-state index contributed by atoms with van der Waals surface area (Å²) in [5, 5.41) is 9.24. The molecule has 9 rings (SSSR count). The van der Waals surface area contributed by atoms with Crippen LogP contribution in [0, 0.1) is 0 Å². The second kappa shape index (κ2) is 8.48. The highest BCUT2D eigenvalue weighted by atomic mass is 16.3. The molecule has 3 heterocycles. The van der Waals surface area contributed by atoms with Gasteiger partial charge in [-0.3, -0.25) is 4.98 Å². The molecule has 0 spiro atoms. The van der Waals surface area contributed by atoms with Crippen LogP contribution in [0.2, 0.25) is 0 Å². The van der Waals surface area contributed by atoms with Crippen molar-refractivity contribution in [1.82, 2.24) is 9.97 Å². The molecular formula is C38H22N2O. The molecule has 9 aromatic rings. The predicted octanol–water partition coefficient (Wildman–Crippen LogP) is 10.3. The summed E-state index contributed by atoms with van der Waals surface area (Å²) in [6.07, 6.45) is 1.83. The van der Waals surface area contributed by atoms with E-state index in [0.717, 1.165) is 60.4 Å². The van der Waals surface area contributed by atoms with Crippen LogP contribution in [-0.4, -0.2) is 9.97 Å². The number of nitrogens with zero attached hydrogens (tertiary/aromatic N) is 2. The first-order valence-corrected chi connectivity index (χ1v) is 13.8. The van der Waals surface area contributed by atoms with E-state index in [1.807, 2.05) is 24.4 Å². The van der Waals surface area contributed by atoms with Gasteiger partial charge >= 0.3 is 0 Å². The maximum Gasteiger partial charge on any atom is 0.143 e. The lowest BCUT2D eigenvalue weighted by atomic mass is 9.92. The van der Waals surface area contributed by atoms with E-state index in [0.29, 0.717) is 0 Å². The van der Waals surface area contributed by atoms with E-state index in [9.17, 15) is 0 Å². The lowest BCUT2D eigenvalue weighted by Gasteiger charge is -2.12. The third-order valence-corrected chi connectivity index (χ3v) is 8.29. The molecule has 0 saturated carbocycles. The summed E-state index contributed by atoms with van der Waals surface area (Å²) in [6.45, 7) is 0. The number of furan rings is 1. The van der Waals surface area contributed by atoms with Crippen LogP contribution < -0.4 is 0 Å². The second-order valence-corrected chi connectivity index (χ2v) is 10.6. The van der Waals surface area contributed by atoms with Crippen molar-refractivity contribution in [2.45, 2.75) is 0 Å². The maximum absolute atomic E-state index is 6.43. The van der Waals surface area contributed by atoms with Gasteiger partial charge in [0.15, 0.2) is 0 Å². The highest BCUT2D eigenvalue weighted by Crippen LogP contribution is 2.41. The number of rotatable bonds is 2. The molecule has 0 saturated heterocycles. The van der Waals surface area contributed by atoms with Gasteiger partial charge in [0.2, 0.25) is 0 Å². The number of aromatic nitrogens is 2. The maximum atomic E-state index is 6.43. The molecule has 0 aliphatic heterocycles. The fourth-order valence-corrected chi connectivity index (χ4v) is 6.32. The molecule has 41 heavy (non-hydrogen) atoms. The molecule has 190 valence electrons. The van der Waals surface area contributed by atoms with Crippen LogP contribution in [0.1, 0.15) is 0 Å². The zero-order valence-electron chi connectivity index (χ0n) is 22.0. The zero-order chi connectivity index (χ0) is 26.9. The Balaban J connectivity index is 1.21.